The van der Waals surface area contributed by atoms with Gasteiger partial charge >= 0.3 is 0 Å². The van der Waals surface area contributed by atoms with Gasteiger partial charge in [0.05, 0.1) is 5.69 Å². The van der Waals surface area contributed by atoms with Gasteiger partial charge in [-0.05, 0) is 62.8 Å². The van der Waals surface area contributed by atoms with Crippen LogP contribution in [0.5, 0.6) is 0 Å². The lowest BCUT2D eigenvalue weighted by atomic mass is 9.79. The van der Waals surface area contributed by atoms with Gasteiger partial charge in [0, 0.05) is 17.2 Å². The average molecular weight is 392 g/mol. The summed E-state index contributed by atoms with van der Waals surface area (Å²) in [6.45, 7) is 4.12. The molecule has 0 radical (unpaired) electrons. The molecule has 0 aliphatic heterocycles. The van der Waals surface area contributed by atoms with E-state index in [1.54, 1.807) is 4.52 Å². The average Bonchev–Trinajstić information content (AvgIpc) is 3.13. The molecule has 0 spiro atoms. The minimum atomic E-state index is 0.130. The molecule has 2 heterocycles. The Morgan fingerprint density at radius 2 is 1.97 bits per heavy atom. The van der Waals surface area contributed by atoms with E-state index in [1.165, 1.54) is 32.1 Å². The Bertz CT molecular complexity index is 988. The molecule has 2 aromatic heterocycles. The van der Waals surface area contributed by atoms with E-state index in [0.29, 0.717) is 0 Å². The summed E-state index contributed by atoms with van der Waals surface area (Å²) in [5.74, 6) is 1.84. The first-order chi connectivity index (χ1) is 14.1. The number of nitrogens with one attached hydrogen (secondary N) is 1. The maximum Gasteiger partial charge on any atom is 0.227 e. The van der Waals surface area contributed by atoms with E-state index in [0.717, 1.165) is 47.2 Å². The Morgan fingerprint density at radius 1 is 1.14 bits per heavy atom. The third-order valence-corrected chi connectivity index (χ3v) is 6.03. The maximum atomic E-state index is 12.8. The molecule has 1 N–H and O–H groups in total. The topological polar surface area (TPSA) is 72.2 Å². The van der Waals surface area contributed by atoms with Crippen LogP contribution in [-0.4, -0.2) is 25.7 Å². The van der Waals surface area contributed by atoms with Crippen molar-refractivity contribution in [1.82, 2.24) is 19.8 Å². The molecule has 0 bridgehead atoms. The molecule has 1 aliphatic carbocycles. The summed E-state index contributed by atoms with van der Waals surface area (Å²) >= 11 is 0. The number of fused-ring (bicyclic) bond motifs is 1. The Labute approximate surface area is 171 Å². The number of unbranched alkanes of at least 4 members (excludes halogenated alkanes) is 1. The fourth-order valence-electron chi connectivity index (χ4n) is 4.26. The van der Waals surface area contributed by atoms with Crippen molar-refractivity contribution >= 4 is 17.2 Å². The molecule has 0 saturated heterocycles. The van der Waals surface area contributed by atoms with Crippen molar-refractivity contribution in [2.24, 2.45) is 11.8 Å². The monoisotopic (exact) mass is 391 g/mol. The molecule has 152 valence electrons. The molecular formula is C23H29N5O. The third-order valence-electron chi connectivity index (χ3n) is 6.03. The summed E-state index contributed by atoms with van der Waals surface area (Å²) in [4.78, 5) is 12.8. The SMILES string of the molecule is CCCCC1CCC(C(=O)Nc2cccc(-c3ccc4nnc(C)n4n3)c2)CC1. The summed E-state index contributed by atoms with van der Waals surface area (Å²) in [5, 5.41) is 15.9. The maximum absolute atomic E-state index is 12.8. The molecular weight excluding hydrogens is 362 g/mol. The number of amides is 1. The summed E-state index contributed by atoms with van der Waals surface area (Å²) in [6.07, 6.45) is 8.26. The van der Waals surface area contributed by atoms with Crippen molar-refractivity contribution in [3.05, 3.63) is 42.2 Å². The smallest absolute Gasteiger partial charge is 0.227 e. The zero-order chi connectivity index (χ0) is 20.2. The van der Waals surface area contributed by atoms with Gasteiger partial charge < -0.3 is 5.32 Å². The first-order valence-electron chi connectivity index (χ1n) is 10.7. The molecule has 1 amide bonds. The fraction of sp³-hybridized carbons (Fsp3) is 0.478. The lowest BCUT2D eigenvalue weighted by Gasteiger charge is -2.27. The second-order valence-electron chi connectivity index (χ2n) is 8.17. The zero-order valence-corrected chi connectivity index (χ0v) is 17.3. The summed E-state index contributed by atoms with van der Waals surface area (Å²) in [7, 11) is 0. The number of nitrogens with zero attached hydrogens (tertiary/aromatic N) is 4. The standard InChI is InChI=1S/C23H29N5O/c1-3-4-6-17-9-11-18(12-10-17)23(29)24-20-8-5-7-19(15-20)21-13-14-22-26-25-16(2)28(22)27-21/h5,7-8,13-15,17-18H,3-4,6,9-12H2,1-2H3,(H,24,29). The van der Waals surface area contributed by atoms with Crippen LogP contribution in [0, 0.1) is 18.8 Å². The van der Waals surface area contributed by atoms with Crippen molar-refractivity contribution in [2.45, 2.75) is 58.8 Å². The van der Waals surface area contributed by atoms with Crippen molar-refractivity contribution in [3.8, 4) is 11.3 Å². The second kappa shape index (κ2) is 8.72. The number of aryl methyl sites for hydroxylation is 1. The molecule has 29 heavy (non-hydrogen) atoms. The van der Waals surface area contributed by atoms with Gasteiger partial charge in [0.15, 0.2) is 11.5 Å². The number of hydrogen-bond acceptors (Lipinski definition) is 4. The van der Waals surface area contributed by atoms with Gasteiger partial charge in [0.25, 0.3) is 0 Å². The highest BCUT2D eigenvalue weighted by Crippen LogP contribution is 2.32. The molecule has 4 rings (SSSR count). The van der Waals surface area contributed by atoms with E-state index in [2.05, 4.69) is 27.5 Å². The lowest BCUT2D eigenvalue weighted by Crippen LogP contribution is -2.27. The Morgan fingerprint density at radius 3 is 2.76 bits per heavy atom. The molecule has 1 saturated carbocycles. The van der Waals surface area contributed by atoms with Gasteiger partial charge in [-0.15, -0.1) is 10.2 Å². The lowest BCUT2D eigenvalue weighted by molar-refractivity contribution is -0.121. The van der Waals surface area contributed by atoms with Crippen LogP contribution >= 0.6 is 0 Å². The van der Waals surface area contributed by atoms with Gasteiger partial charge in [-0.3, -0.25) is 4.79 Å². The molecule has 3 aromatic rings. The molecule has 0 unspecified atom stereocenters. The predicted octanol–water partition coefficient (Wildman–Crippen LogP) is 5.03. The van der Waals surface area contributed by atoms with Crippen LogP contribution in [0.3, 0.4) is 0 Å². The third kappa shape index (κ3) is 4.47. The van der Waals surface area contributed by atoms with E-state index in [9.17, 15) is 4.79 Å². The number of benzene rings is 1. The molecule has 6 heteroatoms. The largest absolute Gasteiger partial charge is 0.326 e. The van der Waals surface area contributed by atoms with Gasteiger partial charge in [0.2, 0.25) is 5.91 Å². The molecule has 1 fully saturated rings. The van der Waals surface area contributed by atoms with Gasteiger partial charge in [-0.1, -0.05) is 38.3 Å². The first kappa shape index (κ1) is 19.6. The second-order valence-corrected chi connectivity index (χ2v) is 8.17. The van der Waals surface area contributed by atoms with Crippen LogP contribution in [0.25, 0.3) is 16.9 Å². The van der Waals surface area contributed by atoms with Crippen LogP contribution in [0.4, 0.5) is 5.69 Å². The zero-order valence-electron chi connectivity index (χ0n) is 17.3. The van der Waals surface area contributed by atoms with Gasteiger partial charge in [-0.2, -0.15) is 9.61 Å². The molecule has 1 aliphatic rings. The first-order valence-corrected chi connectivity index (χ1v) is 10.7. The molecule has 6 nitrogen and oxygen atoms in total. The van der Waals surface area contributed by atoms with E-state index in [-0.39, 0.29) is 11.8 Å². The number of aromatic nitrogens is 4. The normalized spacial score (nSPS) is 19.4. The Balaban J connectivity index is 1.42. The summed E-state index contributed by atoms with van der Waals surface area (Å²) in [5.41, 5.74) is 3.34. The van der Waals surface area contributed by atoms with Crippen LogP contribution < -0.4 is 5.32 Å². The number of hydrogen-bond donors (Lipinski definition) is 1. The van der Waals surface area contributed by atoms with Crippen LogP contribution in [-0.2, 0) is 4.79 Å². The van der Waals surface area contributed by atoms with Crippen LogP contribution in [0.1, 0.15) is 57.7 Å². The van der Waals surface area contributed by atoms with Crippen molar-refractivity contribution in [3.63, 3.8) is 0 Å². The Kier molecular flexibility index (Phi) is 5.88. The van der Waals surface area contributed by atoms with Crippen molar-refractivity contribution in [1.29, 1.82) is 0 Å². The van der Waals surface area contributed by atoms with E-state index < -0.39 is 0 Å². The highest BCUT2D eigenvalue weighted by atomic mass is 16.1. The van der Waals surface area contributed by atoms with Crippen LogP contribution in [0.2, 0.25) is 0 Å². The van der Waals surface area contributed by atoms with Crippen molar-refractivity contribution < 1.29 is 4.79 Å². The highest BCUT2D eigenvalue weighted by Gasteiger charge is 2.26. The summed E-state index contributed by atoms with van der Waals surface area (Å²) < 4.78 is 1.73. The predicted molar refractivity (Wildman–Crippen MR) is 115 cm³/mol. The number of carbonyl (C=O) groups excluding carboxylic acids is 1. The van der Waals surface area contributed by atoms with E-state index >= 15 is 0 Å². The van der Waals surface area contributed by atoms with E-state index in [4.69, 9.17) is 0 Å². The van der Waals surface area contributed by atoms with Gasteiger partial charge in [-0.25, -0.2) is 0 Å². The fourth-order valence-corrected chi connectivity index (χ4v) is 4.26. The number of carbonyl (C=O) groups is 1. The minimum absolute atomic E-state index is 0.130. The molecule has 0 atom stereocenters. The minimum Gasteiger partial charge on any atom is -0.326 e. The number of anilines is 1. The molecule has 1 aromatic carbocycles. The Hall–Kier alpha value is -2.76. The summed E-state index contributed by atoms with van der Waals surface area (Å²) in [6, 6.07) is 11.7. The van der Waals surface area contributed by atoms with Crippen LogP contribution in [0.15, 0.2) is 36.4 Å². The van der Waals surface area contributed by atoms with E-state index in [1.807, 2.05) is 43.3 Å². The quantitative estimate of drug-likeness (QED) is 0.639. The highest BCUT2D eigenvalue weighted by molar-refractivity contribution is 5.93. The van der Waals surface area contributed by atoms with Crippen molar-refractivity contribution in [2.75, 3.05) is 5.32 Å². The number of rotatable bonds is 6. The van der Waals surface area contributed by atoms with Gasteiger partial charge in [0.1, 0.15) is 0 Å².